The molecular weight excluding hydrogens is 160 g/mol. The van der Waals surface area contributed by atoms with E-state index >= 15 is 0 Å². The van der Waals surface area contributed by atoms with E-state index in [0.717, 1.165) is 25.2 Å². The molecule has 76 valence electrons. The van der Waals surface area contributed by atoms with Crippen LogP contribution in [0.4, 0.5) is 0 Å². The summed E-state index contributed by atoms with van der Waals surface area (Å²) in [6.45, 7) is 9.12. The summed E-state index contributed by atoms with van der Waals surface area (Å²) in [4.78, 5) is 0. The fourth-order valence-corrected chi connectivity index (χ4v) is 1.14. The predicted octanol–water partition coefficient (Wildman–Crippen LogP) is 4.06. The lowest BCUT2D eigenvalue weighted by molar-refractivity contribution is 0.219. The minimum Gasteiger partial charge on any atom is -0.494 e. The lowest BCUT2D eigenvalue weighted by atomic mass is 10.1. The molecule has 0 heterocycles. The van der Waals surface area contributed by atoms with Crippen LogP contribution in [-0.4, -0.2) is 6.61 Å². The van der Waals surface area contributed by atoms with E-state index in [1.165, 1.54) is 12.0 Å². The Hall–Kier alpha value is -0.720. The first-order valence-corrected chi connectivity index (χ1v) is 5.33. The van der Waals surface area contributed by atoms with Crippen molar-refractivity contribution in [2.45, 2.75) is 47.0 Å². The highest BCUT2D eigenvalue weighted by molar-refractivity contribution is 5.22. The third kappa shape index (κ3) is 4.76. The standard InChI is InChI=1S/C10H16O.C2H6/c1-3-8-11-10-7-5-4-6-9(10)2;1-2/h5,7H,3-4,6,8H2,1-2H3;1-2H3. The van der Waals surface area contributed by atoms with Crippen molar-refractivity contribution >= 4 is 0 Å². The fourth-order valence-electron chi connectivity index (χ4n) is 1.14. The number of hydrogen-bond acceptors (Lipinski definition) is 1. The second kappa shape index (κ2) is 7.90. The average Bonchev–Trinajstić information content (AvgIpc) is 2.20. The lowest BCUT2D eigenvalue weighted by Crippen LogP contribution is -1.97. The van der Waals surface area contributed by atoms with Gasteiger partial charge in [-0.3, -0.25) is 0 Å². The van der Waals surface area contributed by atoms with Gasteiger partial charge in [0.25, 0.3) is 0 Å². The van der Waals surface area contributed by atoms with E-state index in [4.69, 9.17) is 4.74 Å². The molecule has 0 aromatic rings. The van der Waals surface area contributed by atoms with Crippen molar-refractivity contribution in [1.29, 1.82) is 0 Å². The molecule has 1 aliphatic carbocycles. The Balaban J connectivity index is 0.000000671. The van der Waals surface area contributed by atoms with Gasteiger partial charge >= 0.3 is 0 Å². The van der Waals surface area contributed by atoms with Gasteiger partial charge in [0.1, 0.15) is 5.76 Å². The van der Waals surface area contributed by atoms with Crippen LogP contribution in [0.3, 0.4) is 0 Å². The molecule has 0 amide bonds. The van der Waals surface area contributed by atoms with E-state index in [1.807, 2.05) is 13.8 Å². The topological polar surface area (TPSA) is 9.23 Å². The Morgan fingerprint density at radius 1 is 1.38 bits per heavy atom. The SMILES string of the molecule is CC.CCCOC1=C(C)CCC=C1. The van der Waals surface area contributed by atoms with Crippen LogP contribution in [0.1, 0.15) is 47.0 Å². The minimum atomic E-state index is 0.844. The summed E-state index contributed by atoms with van der Waals surface area (Å²) in [5.74, 6) is 1.10. The number of rotatable bonds is 3. The second-order valence-corrected chi connectivity index (χ2v) is 2.93. The zero-order valence-electron chi connectivity index (χ0n) is 9.39. The van der Waals surface area contributed by atoms with Crippen LogP contribution in [0.2, 0.25) is 0 Å². The van der Waals surface area contributed by atoms with Crippen molar-refractivity contribution in [2.75, 3.05) is 6.61 Å². The highest BCUT2D eigenvalue weighted by Gasteiger charge is 2.03. The molecule has 1 nitrogen and oxygen atoms in total. The molecule has 0 saturated carbocycles. The summed E-state index contributed by atoms with van der Waals surface area (Å²) >= 11 is 0. The maximum absolute atomic E-state index is 5.54. The maximum Gasteiger partial charge on any atom is 0.117 e. The van der Waals surface area contributed by atoms with Crippen molar-refractivity contribution in [2.24, 2.45) is 0 Å². The van der Waals surface area contributed by atoms with Crippen LogP contribution >= 0.6 is 0 Å². The molecule has 1 heteroatoms. The summed E-state index contributed by atoms with van der Waals surface area (Å²) in [7, 11) is 0. The lowest BCUT2D eigenvalue weighted by Gasteiger charge is -2.12. The van der Waals surface area contributed by atoms with Gasteiger partial charge in [-0.05, 0) is 37.8 Å². The first kappa shape index (κ1) is 12.3. The highest BCUT2D eigenvalue weighted by atomic mass is 16.5. The molecule has 0 saturated heterocycles. The van der Waals surface area contributed by atoms with Crippen LogP contribution in [0.5, 0.6) is 0 Å². The van der Waals surface area contributed by atoms with E-state index in [9.17, 15) is 0 Å². The molecule has 0 atom stereocenters. The normalized spacial score (nSPS) is 15.1. The van der Waals surface area contributed by atoms with E-state index in [-0.39, 0.29) is 0 Å². The second-order valence-electron chi connectivity index (χ2n) is 2.93. The monoisotopic (exact) mass is 182 g/mol. The van der Waals surface area contributed by atoms with Crippen LogP contribution in [0.15, 0.2) is 23.5 Å². The first-order chi connectivity index (χ1) is 6.34. The van der Waals surface area contributed by atoms with Crippen LogP contribution < -0.4 is 0 Å². The van der Waals surface area contributed by atoms with E-state index in [2.05, 4.69) is 26.0 Å². The summed E-state index contributed by atoms with van der Waals surface area (Å²) in [6.07, 6.45) is 7.69. The maximum atomic E-state index is 5.54. The Bertz CT molecular complexity index is 178. The third-order valence-corrected chi connectivity index (χ3v) is 1.84. The molecule has 13 heavy (non-hydrogen) atoms. The summed E-state index contributed by atoms with van der Waals surface area (Å²) < 4.78 is 5.54. The van der Waals surface area contributed by atoms with E-state index in [1.54, 1.807) is 0 Å². The molecule has 0 aromatic heterocycles. The molecule has 0 spiro atoms. The average molecular weight is 182 g/mol. The van der Waals surface area contributed by atoms with Gasteiger partial charge in [0, 0.05) is 0 Å². The Labute approximate surface area is 82.5 Å². The van der Waals surface area contributed by atoms with Gasteiger partial charge in [0.2, 0.25) is 0 Å². The van der Waals surface area contributed by atoms with E-state index < -0.39 is 0 Å². The predicted molar refractivity (Wildman–Crippen MR) is 58.7 cm³/mol. The zero-order valence-corrected chi connectivity index (χ0v) is 9.39. The fraction of sp³-hybridized carbons (Fsp3) is 0.667. The Morgan fingerprint density at radius 2 is 2.08 bits per heavy atom. The van der Waals surface area contributed by atoms with Crippen LogP contribution in [-0.2, 0) is 4.74 Å². The zero-order chi connectivity index (χ0) is 10.1. The van der Waals surface area contributed by atoms with Crippen LogP contribution in [0, 0.1) is 0 Å². The van der Waals surface area contributed by atoms with Gasteiger partial charge in [-0.15, -0.1) is 0 Å². The van der Waals surface area contributed by atoms with Gasteiger partial charge < -0.3 is 4.74 Å². The van der Waals surface area contributed by atoms with Gasteiger partial charge in [-0.25, -0.2) is 0 Å². The van der Waals surface area contributed by atoms with Crippen molar-refractivity contribution in [3.63, 3.8) is 0 Å². The molecule has 0 fully saturated rings. The Kier molecular flexibility index (Phi) is 7.47. The van der Waals surface area contributed by atoms with Gasteiger partial charge in [0.15, 0.2) is 0 Å². The third-order valence-electron chi connectivity index (χ3n) is 1.84. The van der Waals surface area contributed by atoms with Crippen molar-refractivity contribution in [3.05, 3.63) is 23.5 Å². The Morgan fingerprint density at radius 3 is 2.62 bits per heavy atom. The molecule has 1 aliphatic rings. The first-order valence-electron chi connectivity index (χ1n) is 5.33. The molecular formula is C12H22O. The van der Waals surface area contributed by atoms with Gasteiger partial charge in [-0.2, -0.15) is 0 Å². The summed E-state index contributed by atoms with van der Waals surface area (Å²) in [5, 5.41) is 0. The molecule has 0 radical (unpaired) electrons. The molecule has 0 N–H and O–H groups in total. The van der Waals surface area contributed by atoms with E-state index in [0.29, 0.717) is 0 Å². The van der Waals surface area contributed by atoms with Crippen molar-refractivity contribution in [1.82, 2.24) is 0 Å². The largest absolute Gasteiger partial charge is 0.494 e. The molecule has 1 rings (SSSR count). The number of hydrogen-bond donors (Lipinski definition) is 0. The highest BCUT2D eigenvalue weighted by Crippen LogP contribution is 2.18. The molecule has 0 bridgehead atoms. The summed E-state index contributed by atoms with van der Waals surface area (Å²) in [5.41, 5.74) is 1.39. The van der Waals surface area contributed by atoms with Crippen molar-refractivity contribution < 1.29 is 4.74 Å². The quantitative estimate of drug-likeness (QED) is 0.639. The van der Waals surface area contributed by atoms with Gasteiger partial charge in [-0.1, -0.05) is 26.8 Å². The molecule has 0 unspecified atom stereocenters. The van der Waals surface area contributed by atoms with Crippen molar-refractivity contribution in [3.8, 4) is 0 Å². The molecule has 0 aromatic carbocycles. The van der Waals surface area contributed by atoms with Crippen LogP contribution in [0.25, 0.3) is 0 Å². The number of allylic oxidation sites excluding steroid dienone is 3. The molecule has 0 aliphatic heterocycles. The summed E-state index contributed by atoms with van der Waals surface area (Å²) in [6, 6.07) is 0. The minimum absolute atomic E-state index is 0.844. The smallest absolute Gasteiger partial charge is 0.117 e. The number of ether oxygens (including phenoxy) is 1. The van der Waals surface area contributed by atoms with Gasteiger partial charge in [0.05, 0.1) is 6.61 Å².